The third kappa shape index (κ3) is 4.87. The lowest BCUT2D eigenvalue weighted by Gasteiger charge is -2.11. The molecule has 0 unspecified atom stereocenters. The molecule has 5 heteroatoms. The number of aryl methyl sites for hydroxylation is 1. The third-order valence-electron chi connectivity index (χ3n) is 2.85. The summed E-state index contributed by atoms with van der Waals surface area (Å²) in [5, 5.41) is -0.374. The van der Waals surface area contributed by atoms with Crippen molar-refractivity contribution in [2.45, 2.75) is 26.0 Å². The summed E-state index contributed by atoms with van der Waals surface area (Å²) in [4.78, 5) is 0. The fraction of sp³-hybridized carbons (Fsp3) is 0.467. The zero-order valence-corrected chi connectivity index (χ0v) is 13.0. The van der Waals surface area contributed by atoms with E-state index in [2.05, 4.69) is 11.8 Å². The van der Waals surface area contributed by atoms with Crippen LogP contribution in [0.3, 0.4) is 0 Å². The summed E-state index contributed by atoms with van der Waals surface area (Å²) in [5.41, 5.74) is 7.12. The van der Waals surface area contributed by atoms with Crippen molar-refractivity contribution in [3.63, 3.8) is 0 Å². The number of hydrogen-bond donors (Lipinski definition) is 1. The molecule has 0 amide bonds. The number of ether oxygens (including phenoxy) is 1. The van der Waals surface area contributed by atoms with E-state index in [4.69, 9.17) is 10.5 Å². The maximum Gasteiger partial charge on any atom is 0.155 e. The molecule has 0 heterocycles. The highest BCUT2D eigenvalue weighted by Gasteiger charge is 2.16. The molecule has 4 nitrogen and oxygen atoms in total. The van der Waals surface area contributed by atoms with E-state index in [0.29, 0.717) is 12.3 Å². The summed E-state index contributed by atoms with van der Waals surface area (Å²) in [5.74, 6) is 6.43. The molecule has 0 bridgehead atoms. The summed E-state index contributed by atoms with van der Waals surface area (Å²) < 4.78 is 28.9. The minimum Gasteiger partial charge on any atom is -0.492 e. The van der Waals surface area contributed by atoms with E-state index in [-0.39, 0.29) is 17.6 Å². The Labute approximate surface area is 121 Å². The van der Waals surface area contributed by atoms with E-state index in [1.165, 1.54) is 0 Å². The van der Waals surface area contributed by atoms with E-state index in [1.54, 1.807) is 19.9 Å². The molecule has 0 radical (unpaired) electrons. The molecule has 20 heavy (non-hydrogen) atoms. The number of rotatable bonds is 5. The minimum absolute atomic E-state index is 0.0266. The predicted octanol–water partition coefficient (Wildman–Crippen LogP) is 1.51. The van der Waals surface area contributed by atoms with Crippen LogP contribution in [0, 0.1) is 18.8 Å². The van der Waals surface area contributed by atoms with Crippen LogP contribution >= 0.6 is 0 Å². The fourth-order valence-corrected chi connectivity index (χ4v) is 2.33. The fourth-order valence-electron chi connectivity index (χ4n) is 1.55. The molecule has 0 fully saturated rings. The van der Waals surface area contributed by atoms with Crippen molar-refractivity contribution in [2.24, 2.45) is 5.73 Å². The second-order valence-corrected chi connectivity index (χ2v) is 7.43. The summed E-state index contributed by atoms with van der Waals surface area (Å²) >= 11 is 0. The second-order valence-electron chi connectivity index (χ2n) is 4.75. The lowest BCUT2D eigenvalue weighted by Crippen LogP contribution is -2.22. The smallest absolute Gasteiger partial charge is 0.155 e. The molecular formula is C15H21NO3S. The quantitative estimate of drug-likeness (QED) is 0.836. The Hall–Kier alpha value is -1.51. The average Bonchev–Trinajstić information content (AvgIpc) is 2.38. The van der Waals surface area contributed by atoms with Crippen LogP contribution in [0.1, 0.15) is 25.0 Å². The van der Waals surface area contributed by atoms with Crippen molar-refractivity contribution in [3.8, 4) is 17.6 Å². The molecule has 2 N–H and O–H groups in total. The van der Waals surface area contributed by atoms with Crippen LogP contribution in [0.5, 0.6) is 5.75 Å². The highest BCUT2D eigenvalue weighted by molar-refractivity contribution is 7.91. The first-order chi connectivity index (χ1) is 9.36. The Bertz CT molecular complexity index is 610. The van der Waals surface area contributed by atoms with Crippen molar-refractivity contribution in [2.75, 3.05) is 18.9 Å². The highest BCUT2D eigenvalue weighted by atomic mass is 32.2. The van der Waals surface area contributed by atoms with Gasteiger partial charge in [0, 0.05) is 5.56 Å². The van der Waals surface area contributed by atoms with Gasteiger partial charge in [0.05, 0.1) is 17.5 Å². The Morgan fingerprint density at radius 2 is 2.05 bits per heavy atom. The number of sulfone groups is 1. The van der Waals surface area contributed by atoms with Crippen LogP contribution in [0.4, 0.5) is 0 Å². The van der Waals surface area contributed by atoms with Gasteiger partial charge in [-0.15, -0.1) is 0 Å². The van der Waals surface area contributed by atoms with Crippen molar-refractivity contribution < 1.29 is 13.2 Å². The van der Waals surface area contributed by atoms with Gasteiger partial charge in [-0.25, -0.2) is 8.42 Å². The van der Waals surface area contributed by atoms with Crippen molar-refractivity contribution in [3.05, 3.63) is 29.3 Å². The molecule has 1 aromatic rings. The zero-order valence-electron chi connectivity index (χ0n) is 12.1. The lowest BCUT2D eigenvalue weighted by atomic mass is 10.1. The van der Waals surface area contributed by atoms with Crippen LogP contribution < -0.4 is 10.5 Å². The standard InChI is InChI=1S/C15H21NO3S/c1-12(2)20(17,18)10-9-19-15-7-6-14(5-4-8-16)11-13(15)3/h6-7,11-12H,8-10,16H2,1-3H3. The number of benzene rings is 1. The maximum atomic E-state index is 11.7. The predicted molar refractivity (Wildman–Crippen MR) is 81.5 cm³/mol. The van der Waals surface area contributed by atoms with Crippen molar-refractivity contribution in [1.29, 1.82) is 0 Å². The average molecular weight is 295 g/mol. The minimum atomic E-state index is -3.06. The van der Waals surface area contributed by atoms with E-state index in [0.717, 1.165) is 11.1 Å². The van der Waals surface area contributed by atoms with Crippen molar-refractivity contribution >= 4 is 9.84 Å². The maximum absolute atomic E-state index is 11.7. The molecule has 1 rings (SSSR count). The van der Waals surface area contributed by atoms with Gasteiger partial charge >= 0.3 is 0 Å². The molecule has 1 aromatic carbocycles. The second kappa shape index (κ2) is 7.32. The molecule has 0 atom stereocenters. The van der Waals surface area contributed by atoms with Crippen LogP contribution in [0.15, 0.2) is 18.2 Å². The van der Waals surface area contributed by atoms with Gasteiger partial charge in [0.1, 0.15) is 12.4 Å². The number of nitrogens with two attached hydrogens (primary N) is 1. The van der Waals surface area contributed by atoms with Crippen LogP contribution in [-0.2, 0) is 9.84 Å². The highest BCUT2D eigenvalue weighted by Crippen LogP contribution is 2.19. The normalized spacial score (nSPS) is 11.1. The summed E-state index contributed by atoms with van der Waals surface area (Å²) in [6.07, 6.45) is 0. The SMILES string of the molecule is Cc1cc(C#CCN)ccc1OCCS(=O)(=O)C(C)C. The first kappa shape index (κ1) is 16.5. The molecule has 0 saturated heterocycles. The largest absolute Gasteiger partial charge is 0.492 e. The molecule has 0 aliphatic heterocycles. The van der Waals surface area contributed by atoms with Gasteiger partial charge in [0.15, 0.2) is 9.84 Å². The van der Waals surface area contributed by atoms with E-state index in [1.807, 2.05) is 19.1 Å². The van der Waals surface area contributed by atoms with Crippen molar-refractivity contribution in [1.82, 2.24) is 0 Å². The van der Waals surface area contributed by atoms with E-state index < -0.39 is 9.84 Å². The first-order valence-corrected chi connectivity index (χ1v) is 8.22. The Morgan fingerprint density at radius 1 is 1.35 bits per heavy atom. The molecule has 0 saturated carbocycles. The van der Waals surface area contributed by atoms with E-state index in [9.17, 15) is 8.42 Å². The first-order valence-electron chi connectivity index (χ1n) is 6.51. The molecule has 0 spiro atoms. The summed E-state index contributed by atoms with van der Waals surface area (Å²) in [6, 6.07) is 5.54. The Morgan fingerprint density at radius 3 is 2.60 bits per heavy atom. The van der Waals surface area contributed by atoms with Gasteiger partial charge in [-0.1, -0.05) is 11.8 Å². The molecule has 110 valence electrons. The molecule has 0 aromatic heterocycles. The van der Waals surface area contributed by atoms with Gasteiger partial charge in [-0.3, -0.25) is 0 Å². The summed E-state index contributed by atoms with van der Waals surface area (Å²) in [6.45, 7) is 5.73. The van der Waals surface area contributed by atoms with Gasteiger partial charge in [-0.05, 0) is 44.5 Å². The van der Waals surface area contributed by atoms with Crippen LogP contribution in [-0.4, -0.2) is 32.6 Å². The summed E-state index contributed by atoms with van der Waals surface area (Å²) in [7, 11) is -3.06. The molecule has 0 aliphatic rings. The molecule has 0 aliphatic carbocycles. The van der Waals surface area contributed by atoms with Gasteiger partial charge in [0.2, 0.25) is 0 Å². The third-order valence-corrected chi connectivity index (χ3v) is 5.03. The van der Waals surface area contributed by atoms with E-state index >= 15 is 0 Å². The number of hydrogen-bond acceptors (Lipinski definition) is 4. The monoisotopic (exact) mass is 295 g/mol. The Balaban J connectivity index is 2.66. The molecular weight excluding hydrogens is 274 g/mol. The van der Waals surface area contributed by atoms with Crippen LogP contribution in [0.2, 0.25) is 0 Å². The van der Waals surface area contributed by atoms with Gasteiger partial charge in [-0.2, -0.15) is 0 Å². The lowest BCUT2D eigenvalue weighted by molar-refractivity contribution is 0.338. The topological polar surface area (TPSA) is 69.4 Å². The van der Waals surface area contributed by atoms with Gasteiger partial charge in [0.25, 0.3) is 0 Å². The van der Waals surface area contributed by atoms with Crippen LogP contribution in [0.25, 0.3) is 0 Å². The zero-order chi connectivity index (χ0) is 15.2. The van der Waals surface area contributed by atoms with Gasteiger partial charge < -0.3 is 10.5 Å². The Kier molecular flexibility index (Phi) is 6.05.